The van der Waals surface area contributed by atoms with E-state index in [4.69, 9.17) is 5.11 Å². The van der Waals surface area contributed by atoms with Gasteiger partial charge in [-0.3, -0.25) is 4.98 Å². The third-order valence-electron chi connectivity index (χ3n) is 1.66. The summed E-state index contributed by atoms with van der Waals surface area (Å²) in [4.78, 5) is 3.99. The Labute approximate surface area is 66.9 Å². The predicted octanol–water partition coefficient (Wildman–Crippen LogP) is 1.31. The van der Waals surface area contributed by atoms with E-state index in [9.17, 15) is 0 Å². The number of aliphatic hydroxyl groups is 1. The minimum atomic E-state index is -0.280. The van der Waals surface area contributed by atoms with Crippen LogP contribution in [-0.2, 0) is 6.42 Å². The molecule has 0 radical (unpaired) electrons. The lowest BCUT2D eigenvalue weighted by atomic mass is 10.1. The van der Waals surface area contributed by atoms with E-state index in [1.54, 1.807) is 13.1 Å². The maximum absolute atomic E-state index is 9.10. The Morgan fingerprint density at radius 1 is 1.64 bits per heavy atom. The fourth-order valence-corrected chi connectivity index (χ4v) is 1.03. The van der Waals surface area contributed by atoms with Crippen LogP contribution in [0.4, 0.5) is 0 Å². The first-order chi connectivity index (χ1) is 5.20. The van der Waals surface area contributed by atoms with Crippen molar-refractivity contribution in [1.82, 2.24) is 4.98 Å². The average molecular weight is 151 g/mol. The topological polar surface area (TPSA) is 33.1 Å². The fraction of sp³-hybridized carbons (Fsp3) is 0.444. The van der Waals surface area contributed by atoms with Crippen LogP contribution in [0.3, 0.4) is 0 Å². The van der Waals surface area contributed by atoms with Crippen molar-refractivity contribution in [2.75, 3.05) is 0 Å². The van der Waals surface area contributed by atoms with Gasteiger partial charge in [-0.2, -0.15) is 0 Å². The van der Waals surface area contributed by atoms with Gasteiger partial charge in [-0.25, -0.2) is 0 Å². The quantitative estimate of drug-likeness (QED) is 0.691. The zero-order chi connectivity index (χ0) is 8.27. The summed E-state index contributed by atoms with van der Waals surface area (Å²) in [6.45, 7) is 3.81. The van der Waals surface area contributed by atoms with Gasteiger partial charge in [-0.15, -0.1) is 0 Å². The summed E-state index contributed by atoms with van der Waals surface area (Å²) < 4.78 is 0. The van der Waals surface area contributed by atoms with Gasteiger partial charge in [0, 0.05) is 12.4 Å². The summed E-state index contributed by atoms with van der Waals surface area (Å²) in [5.74, 6) is 0. The first kappa shape index (κ1) is 8.21. The molecule has 0 aliphatic carbocycles. The van der Waals surface area contributed by atoms with Gasteiger partial charge in [0.15, 0.2) is 0 Å². The van der Waals surface area contributed by atoms with Crippen LogP contribution in [0.1, 0.15) is 18.1 Å². The Hall–Kier alpha value is -0.890. The van der Waals surface area contributed by atoms with Gasteiger partial charge in [-0.05, 0) is 37.5 Å². The summed E-state index contributed by atoms with van der Waals surface area (Å²) in [5.41, 5.74) is 2.32. The van der Waals surface area contributed by atoms with Gasteiger partial charge in [-0.1, -0.05) is 0 Å². The average Bonchev–Trinajstić information content (AvgIpc) is 1.93. The van der Waals surface area contributed by atoms with Crippen LogP contribution in [0.2, 0.25) is 0 Å². The molecule has 2 nitrogen and oxygen atoms in total. The Balaban J connectivity index is 2.78. The first-order valence-corrected chi connectivity index (χ1v) is 3.77. The van der Waals surface area contributed by atoms with Crippen LogP contribution < -0.4 is 0 Å². The molecule has 0 spiro atoms. The van der Waals surface area contributed by atoms with Gasteiger partial charge < -0.3 is 5.11 Å². The van der Waals surface area contributed by atoms with Crippen LogP contribution in [0.5, 0.6) is 0 Å². The molecule has 0 bridgehead atoms. The van der Waals surface area contributed by atoms with Crippen molar-refractivity contribution in [2.45, 2.75) is 26.4 Å². The standard InChI is InChI=1S/C9H13NO/c1-7-3-4-10-6-9(7)5-8(2)11/h3-4,6,8,11H,5H2,1-2H3/t8-/m1/s1. The van der Waals surface area contributed by atoms with Crippen LogP contribution in [0.15, 0.2) is 18.5 Å². The van der Waals surface area contributed by atoms with Crippen molar-refractivity contribution in [2.24, 2.45) is 0 Å². The minimum Gasteiger partial charge on any atom is -0.393 e. The second-order valence-corrected chi connectivity index (χ2v) is 2.86. The molecule has 0 fully saturated rings. The molecule has 1 aromatic heterocycles. The third-order valence-corrected chi connectivity index (χ3v) is 1.66. The maximum Gasteiger partial charge on any atom is 0.0553 e. The van der Waals surface area contributed by atoms with Crippen molar-refractivity contribution in [3.05, 3.63) is 29.6 Å². The summed E-state index contributed by atoms with van der Waals surface area (Å²) >= 11 is 0. The predicted molar refractivity (Wildman–Crippen MR) is 44.4 cm³/mol. The molecule has 0 aromatic carbocycles. The number of rotatable bonds is 2. The minimum absolute atomic E-state index is 0.280. The monoisotopic (exact) mass is 151 g/mol. The molecule has 0 aliphatic heterocycles. The highest BCUT2D eigenvalue weighted by atomic mass is 16.3. The molecule has 1 aromatic rings. The van der Waals surface area contributed by atoms with Crippen LogP contribution >= 0.6 is 0 Å². The number of hydrogen-bond acceptors (Lipinski definition) is 2. The Morgan fingerprint density at radius 3 is 2.91 bits per heavy atom. The molecule has 0 unspecified atom stereocenters. The molecule has 0 saturated carbocycles. The van der Waals surface area contributed by atoms with Crippen molar-refractivity contribution >= 4 is 0 Å². The number of aliphatic hydroxyl groups excluding tert-OH is 1. The van der Waals surface area contributed by atoms with E-state index in [0.717, 1.165) is 5.56 Å². The number of pyridine rings is 1. The SMILES string of the molecule is Cc1ccncc1C[C@@H](C)O. The highest BCUT2D eigenvalue weighted by Crippen LogP contribution is 2.07. The van der Waals surface area contributed by atoms with E-state index in [2.05, 4.69) is 4.98 Å². The molecule has 2 heteroatoms. The zero-order valence-corrected chi connectivity index (χ0v) is 6.91. The number of nitrogens with zero attached hydrogens (tertiary/aromatic N) is 1. The Bertz CT molecular complexity index is 233. The molecule has 1 heterocycles. The summed E-state index contributed by atoms with van der Waals surface area (Å²) in [5, 5.41) is 9.10. The van der Waals surface area contributed by atoms with Gasteiger partial charge in [0.2, 0.25) is 0 Å². The molecule has 0 amide bonds. The Kier molecular flexibility index (Phi) is 2.60. The Morgan fingerprint density at radius 2 is 2.36 bits per heavy atom. The number of aryl methyl sites for hydroxylation is 1. The van der Waals surface area contributed by atoms with Crippen LogP contribution in [0, 0.1) is 6.92 Å². The van der Waals surface area contributed by atoms with Gasteiger partial charge in [0.25, 0.3) is 0 Å². The molecular weight excluding hydrogens is 138 g/mol. The lowest BCUT2D eigenvalue weighted by Crippen LogP contribution is -2.05. The second kappa shape index (κ2) is 3.49. The lowest BCUT2D eigenvalue weighted by molar-refractivity contribution is 0.195. The van der Waals surface area contributed by atoms with Crippen LogP contribution in [-0.4, -0.2) is 16.2 Å². The summed E-state index contributed by atoms with van der Waals surface area (Å²) in [6, 6.07) is 1.96. The van der Waals surface area contributed by atoms with Gasteiger partial charge in [0.05, 0.1) is 6.10 Å². The molecule has 0 saturated heterocycles. The smallest absolute Gasteiger partial charge is 0.0553 e. The number of aromatic nitrogens is 1. The molecule has 60 valence electrons. The molecule has 11 heavy (non-hydrogen) atoms. The van der Waals surface area contributed by atoms with E-state index in [1.807, 2.05) is 19.2 Å². The normalized spacial score (nSPS) is 13.0. The molecule has 0 aliphatic rings. The number of hydrogen-bond donors (Lipinski definition) is 1. The van der Waals surface area contributed by atoms with E-state index in [0.29, 0.717) is 6.42 Å². The first-order valence-electron chi connectivity index (χ1n) is 3.77. The van der Waals surface area contributed by atoms with E-state index in [-0.39, 0.29) is 6.10 Å². The van der Waals surface area contributed by atoms with E-state index in [1.165, 1.54) is 5.56 Å². The summed E-state index contributed by atoms with van der Waals surface area (Å²) in [7, 11) is 0. The van der Waals surface area contributed by atoms with E-state index < -0.39 is 0 Å². The van der Waals surface area contributed by atoms with Gasteiger partial charge in [0.1, 0.15) is 0 Å². The van der Waals surface area contributed by atoms with Crippen molar-refractivity contribution < 1.29 is 5.11 Å². The molecular formula is C9H13NO. The summed E-state index contributed by atoms with van der Waals surface area (Å²) in [6.07, 6.45) is 3.99. The highest BCUT2D eigenvalue weighted by molar-refractivity contribution is 5.21. The largest absolute Gasteiger partial charge is 0.393 e. The zero-order valence-electron chi connectivity index (χ0n) is 6.91. The second-order valence-electron chi connectivity index (χ2n) is 2.86. The van der Waals surface area contributed by atoms with Crippen LogP contribution in [0.25, 0.3) is 0 Å². The molecule has 1 N–H and O–H groups in total. The molecule has 1 atom stereocenters. The van der Waals surface area contributed by atoms with Crippen molar-refractivity contribution in [1.29, 1.82) is 0 Å². The molecule has 1 rings (SSSR count). The van der Waals surface area contributed by atoms with Gasteiger partial charge >= 0.3 is 0 Å². The third kappa shape index (κ3) is 2.31. The fourth-order valence-electron chi connectivity index (χ4n) is 1.03. The van der Waals surface area contributed by atoms with Crippen molar-refractivity contribution in [3.63, 3.8) is 0 Å². The van der Waals surface area contributed by atoms with Crippen molar-refractivity contribution in [3.8, 4) is 0 Å². The highest BCUT2D eigenvalue weighted by Gasteiger charge is 2.00. The maximum atomic E-state index is 9.10. The van der Waals surface area contributed by atoms with E-state index >= 15 is 0 Å². The lowest BCUT2D eigenvalue weighted by Gasteiger charge is -2.05.